The van der Waals surface area contributed by atoms with Crippen LogP contribution in [0.2, 0.25) is 0 Å². The zero-order valence-electron chi connectivity index (χ0n) is 11.8. The van der Waals surface area contributed by atoms with Gasteiger partial charge in [0.2, 0.25) is 5.89 Å². The van der Waals surface area contributed by atoms with Gasteiger partial charge in [0.15, 0.2) is 0 Å². The number of hydrogen-bond acceptors (Lipinski definition) is 4. The molecule has 0 spiro atoms. The molecule has 5 nitrogen and oxygen atoms in total. The first-order valence-electron chi connectivity index (χ1n) is 6.86. The van der Waals surface area contributed by atoms with Crippen molar-refractivity contribution in [3.05, 3.63) is 41.3 Å². The SMILES string of the molecule is CC(O)C(=O)N1CCc2oc(-c3cc(F)cc(F)c3)nc2C1. The van der Waals surface area contributed by atoms with Gasteiger partial charge >= 0.3 is 0 Å². The molecular formula is C15H14F2N2O3. The normalized spacial score (nSPS) is 15.5. The molecular weight excluding hydrogens is 294 g/mol. The standard InChI is InChI=1S/C15H14F2N2O3/c1-8(20)15(21)19-3-2-13-12(7-19)18-14(22-13)9-4-10(16)6-11(17)5-9/h4-6,8,20H,2-3,7H2,1H3. The number of halogens is 2. The summed E-state index contributed by atoms with van der Waals surface area (Å²) in [5.74, 6) is -1.09. The topological polar surface area (TPSA) is 66.6 Å². The van der Waals surface area contributed by atoms with E-state index in [-0.39, 0.29) is 23.9 Å². The van der Waals surface area contributed by atoms with Gasteiger partial charge in [-0.1, -0.05) is 0 Å². The van der Waals surface area contributed by atoms with E-state index in [4.69, 9.17) is 4.42 Å². The maximum absolute atomic E-state index is 13.3. The molecule has 1 aromatic heterocycles. The second-order valence-electron chi connectivity index (χ2n) is 5.23. The van der Waals surface area contributed by atoms with Crippen LogP contribution in [0.15, 0.2) is 22.6 Å². The van der Waals surface area contributed by atoms with Crippen LogP contribution < -0.4 is 0 Å². The van der Waals surface area contributed by atoms with Crippen LogP contribution in [0.3, 0.4) is 0 Å². The Bertz CT molecular complexity index is 707. The highest BCUT2D eigenvalue weighted by Gasteiger charge is 2.27. The number of benzene rings is 1. The lowest BCUT2D eigenvalue weighted by atomic mass is 10.1. The molecule has 7 heteroatoms. The molecule has 0 saturated carbocycles. The number of fused-ring (bicyclic) bond motifs is 1. The monoisotopic (exact) mass is 308 g/mol. The summed E-state index contributed by atoms with van der Waals surface area (Å²) >= 11 is 0. The van der Waals surface area contributed by atoms with Crippen molar-refractivity contribution < 1.29 is 23.1 Å². The fraction of sp³-hybridized carbons (Fsp3) is 0.333. The van der Waals surface area contributed by atoms with Crippen LogP contribution in [0.1, 0.15) is 18.4 Å². The highest BCUT2D eigenvalue weighted by Crippen LogP contribution is 2.27. The lowest BCUT2D eigenvalue weighted by molar-refractivity contribution is -0.140. The molecule has 116 valence electrons. The third-order valence-electron chi connectivity index (χ3n) is 3.51. The minimum Gasteiger partial charge on any atom is -0.441 e. The number of rotatable bonds is 2. The number of nitrogens with zero attached hydrogens (tertiary/aromatic N) is 2. The molecule has 22 heavy (non-hydrogen) atoms. The van der Waals surface area contributed by atoms with Crippen LogP contribution in [0.5, 0.6) is 0 Å². The van der Waals surface area contributed by atoms with E-state index < -0.39 is 17.7 Å². The molecule has 0 fully saturated rings. The molecule has 3 rings (SSSR count). The van der Waals surface area contributed by atoms with Crippen molar-refractivity contribution in [1.82, 2.24) is 9.88 Å². The van der Waals surface area contributed by atoms with Crippen LogP contribution in [0.4, 0.5) is 8.78 Å². The van der Waals surface area contributed by atoms with E-state index in [1.165, 1.54) is 11.8 Å². The van der Waals surface area contributed by atoms with Gasteiger partial charge in [-0.3, -0.25) is 4.79 Å². The average Bonchev–Trinajstić information content (AvgIpc) is 2.88. The summed E-state index contributed by atoms with van der Waals surface area (Å²) in [5.41, 5.74) is 0.750. The molecule has 0 radical (unpaired) electrons. The molecule has 1 aliphatic heterocycles. The Morgan fingerprint density at radius 2 is 2.05 bits per heavy atom. The lowest BCUT2D eigenvalue weighted by Crippen LogP contribution is -2.40. The Labute approximate surface area is 125 Å². The second kappa shape index (κ2) is 5.49. The van der Waals surface area contributed by atoms with Crippen molar-refractivity contribution in [3.8, 4) is 11.5 Å². The van der Waals surface area contributed by atoms with Crippen molar-refractivity contribution in [1.29, 1.82) is 0 Å². The van der Waals surface area contributed by atoms with E-state index in [1.54, 1.807) is 0 Å². The second-order valence-corrected chi connectivity index (χ2v) is 5.23. The summed E-state index contributed by atoms with van der Waals surface area (Å²) in [4.78, 5) is 17.5. The summed E-state index contributed by atoms with van der Waals surface area (Å²) < 4.78 is 32.1. The number of carbonyl (C=O) groups excluding carboxylic acids is 1. The van der Waals surface area contributed by atoms with Crippen molar-refractivity contribution in [3.63, 3.8) is 0 Å². The van der Waals surface area contributed by atoms with Crippen LogP contribution in [-0.4, -0.2) is 33.5 Å². The first-order valence-corrected chi connectivity index (χ1v) is 6.86. The Morgan fingerprint density at radius 1 is 1.36 bits per heavy atom. The predicted molar refractivity (Wildman–Crippen MR) is 72.7 cm³/mol. The zero-order valence-corrected chi connectivity index (χ0v) is 11.8. The summed E-state index contributed by atoms with van der Waals surface area (Å²) in [6.45, 7) is 2.02. The van der Waals surface area contributed by atoms with Gasteiger partial charge in [0.25, 0.3) is 5.91 Å². The van der Waals surface area contributed by atoms with E-state index in [0.717, 1.165) is 18.2 Å². The maximum Gasteiger partial charge on any atom is 0.251 e. The average molecular weight is 308 g/mol. The number of hydrogen-bond donors (Lipinski definition) is 1. The molecule has 2 aromatic rings. The Morgan fingerprint density at radius 3 is 2.68 bits per heavy atom. The summed E-state index contributed by atoms with van der Waals surface area (Å²) in [6, 6.07) is 3.05. The number of amides is 1. The molecule has 1 aromatic carbocycles. The summed E-state index contributed by atoms with van der Waals surface area (Å²) in [7, 11) is 0. The molecule has 1 unspecified atom stereocenters. The quantitative estimate of drug-likeness (QED) is 0.920. The summed E-state index contributed by atoms with van der Waals surface area (Å²) in [5, 5.41) is 9.35. The van der Waals surface area contributed by atoms with Gasteiger partial charge < -0.3 is 14.4 Å². The lowest BCUT2D eigenvalue weighted by Gasteiger charge is -2.26. The fourth-order valence-corrected chi connectivity index (χ4v) is 2.45. The smallest absolute Gasteiger partial charge is 0.251 e. The molecule has 1 N–H and O–H groups in total. The molecule has 0 bridgehead atoms. The van der Waals surface area contributed by atoms with Crippen molar-refractivity contribution in [2.45, 2.75) is 26.0 Å². The van der Waals surface area contributed by atoms with Crippen LogP contribution in [0, 0.1) is 11.6 Å². The first-order chi connectivity index (χ1) is 10.4. The molecule has 0 saturated heterocycles. The number of oxazole rings is 1. The fourth-order valence-electron chi connectivity index (χ4n) is 2.45. The zero-order chi connectivity index (χ0) is 15.9. The molecule has 2 heterocycles. The minimum atomic E-state index is -1.08. The Hall–Kier alpha value is -2.28. The largest absolute Gasteiger partial charge is 0.441 e. The summed E-state index contributed by atoms with van der Waals surface area (Å²) in [6.07, 6.45) is -0.635. The number of aromatic nitrogens is 1. The predicted octanol–water partition coefficient (Wildman–Crippen LogP) is 1.89. The number of aliphatic hydroxyl groups excluding tert-OH is 1. The molecule has 1 amide bonds. The molecule has 1 atom stereocenters. The maximum atomic E-state index is 13.3. The van der Waals surface area contributed by atoms with E-state index in [2.05, 4.69) is 4.98 Å². The van der Waals surface area contributed by atoms with Crippen molar-refractivity contribution in [2.24, 2.45) is 0 Å². The first kappa shape index (κ1) is 14.6. The van der Waals surface area contributed by atoms with Gasteiger partial charge in [-0.15, -0.1) is 0 Å². The Balaban J connectivity index is 1.89. The van der Waals surface area contributed by atoms with Gasteiger partial charge in [-0.2, -0.15) is 0 Å². The van der Waals surface area contributed by atoms with Gasteiger partial charge in [0.1, 0.15) is 29.2 Å². The third kappa shape index (κ3) is 2.71. The minimum absolute atomic E-state index is 0.120. The molecule has 1 aliphatic rings. The van der Waals surface area contributed by atoms with Crippen molar-refractivity contribution >= 4 is 5.91 Å². The number of aliphatic hydroxyl groups is 1. The molecule has 0 aliphatic carbocycles. The van der Waals surface area contributed by atoms with Crippen LogP contribution in [0.25, 0.3) is 11.5 Å². The Kier molecular flexibility index (Phi) is 3.66. The van der Waals surface area contributed by atoms with E-state index in [1.807, 2.05) is 0 Å². The van der Waals surface area contributed by atoms with Gasteiger partial charge in [0.05, 0.1) is 6.54 Å². The van der Waals surface area contributed by atoms with Crippen LogP contribution >= 0.6 is 0 Å². The highest BCUT2D eigenvalue weighted by molar-refractivity contribution is 5.80. The van der Waals surface area contributed by atoms with E-state index in [0.29, 0.717) is 24.4 Å². The van der Waals surface area contributed by atoms with Gasteiger partial charge in [-0.25, -0.2) is 13.8 Å². The van der Waals surface area contributed by atoms with Crippen molar-refractivity contribution in [2.75, 3.05) is 6.54 Å². The number of carbonyl (C=O) groups is 1. The van der Waals surface area contributed by atoms with Gasteiger partial charge in [0, 0.05) is 24.6 Å². The van der Waals surface area contributed by atoms with E-state index in [9.17, 15) is 18.7 Å². The third-order valence-corrected chi connectivity index (χ3v) is 3.51. The highest BCUT2D eigenvalue weighted by atomic mass is 19.1. The van der Waals surface area contributed by atoms with Crippen LogP contribution in [-0.2, 0) is 17.8 Å². The van der Waals surface area contributed by atoms with Gasteiger partial charge in [-0.05, 0) is 19.1 Å². The van der Waals surface area contributed by atoms with E-state index >= 15 is 0 Å².